The standard InChI is InChI=1S/C15H15N3O/c16-8-10-5-13(6-10)19-15-12(9-17)7-11-3-1-2-4-14(11)18-15/h1-4,7,10,13H,5-6,8,16H2. The van der Waals surface area contributed by atoms with Gasteiger partial charge in [-0.15, -0.1) is 0 Å². The van der Waals surface area contributed by atoms with Crippen LogP contribution in [-0.2, 0) is 0 Å². The number of nitriles is 1. The summed E-state index contributed by atoms with van der Waals surface area (Å²) >= 11 is 0. The SMILES string of the molecule is N#Cc1cc2ccccc2nc1OC1CC(CN)C1. The van der Waals surface area contributed by atoms with E-state index in [-0.39, 0.29) is 6.10 Å². The Morgan fingerprint density at radius 2 is 2.16 bits per heavy atom. The molecule has 0 bridgehead atoms. The Hall–Kier alpha value is -2.12. The minimum absolute atomic E-state index is 0.148. The largest absolute Gasteiger partial charge is 0.473 e. The van der Waals surface area contributed by atoms with E-state index in [1.54, 1.807) is 0 Å². The second-order valence-corrected chi connectivity index (χ2v) is 4.96. The molecule has 1 aliphatic rings. The summed E-state index contributed by atoms with van der Waals surface area (Å²) in [6.45, 7) is 0.704. The van der Waals surface area contributed by atoms with Gasteiger partial charge in [0.05, 0.1) is 5.52 Å². The number of hydrogen-bond donors (Lipinski definition) is 1. The van der Waals surface area contributed by atoms with Gasteiger partial charge >= 0.3 is 0 Å². The molecule has 4 heteroatoms. The van der Waals surface area contributed by atoms with E-state index in [1.807, 2.05) is 30.3 Å². The van der Waals surface area contributed by atoms with Gasteiger partial charge < -0.3 is 10.5 Å². The molecular weight excluding hydrogens is 238 g/mol. The van der Waals surface area contributed by atoms with Gasteiger partial charge in [0.15, 0.2) is 0 Å². The van der Waals surface area contributed by atoms with Gasteiger partial charge in [-0.05, 0) is 37.4 Å². The summed E-state index contributed by atoms with van der Waals surface area (Å²) in [7, 11) is 0. The highest BCUT2D eigenvalue weighted by molar-refractivity contribution is 5.80. The van der Waals surface area contributed by atoms with Crippen LogP contribution in [0.2, 0.25) is 0 Å². The van der Waals surface area contributed by atoms with E-state index in [2.05, 4.69) is 11.1 Å². The number of nitrogens with two attached hydrogens (primary N) is 1. The van der Waals surface area contributed by atoms with Crippen molar-refractivity contribution in [2.45, 2.75) is 18.9 Å². The zero-order valence-electron chi connectivity index (χ0n) is 10.5. The van der Waals surface area contributed by atoms with Crippen molar-refractivity contribution in [2.75, 3.05) is 6.54 Å². The van der Waals surface area contributed by atoms with Gasteiger partial charge in [-0.25, -0.2) is 4.98 Å². The fraction of sp³-hybridized carbons (Fsp3) is 0.333. The summed E-state index contributed by atoms with van der Waals surface area (Å²) in [5.74, 6) is 0.998. The number of benzene rings is 1. The Labute approximate surface area is 111 Å². The lowest BCUT2D eigenvalue weighted by Gasteiger charge is -2.34. The third kappa shape index (κ3) is 2.25. The molecule has 0 aliphatic heterocycles. The first kappa shape index (κ1) is 11.9. The first-order chi connectivity index (χ1) is 9.30. The minimum atomic E-state index is 0.148. The molecule has 0 spiro atoms. The zero-order valence-corrected chi connectivity index (χ0v) is 10.5. The van der Waals surface area contributed by atoms with Crippen LogP contribution in [-0.4, -0.2) is 17.6 Å². The van der Waals surface area contributed by atoms with Gasteiger partial charge in [-0.3, -0.25) is 0 Å². The lowest BCUT2D eigenvalue weighted by atomic mass is 9.82. The molecule has 19 heavy (non-hydrogen) atoms. The molecule has 0 amide bonds. The lowest BCUT2D eigenvalue weighted by Crippen LogP contribution is -2.38. The van der Waals surface area contributed by atoms with Gasteiger partial charge in [-0.1, -0.05) is 18.2 Å². The predicted molar refractivity (Wildman–Crippen MR) is 72.7 cm³/mol. The van der Waals surface area contributed by atoms with E-state index in [0.717, 1.165) is 23.7 Å². The average molecular weight is 253 g/mol. The Kier molecular flexibility index (Phi) is 3.06. The molecule has 1 fully saturated rings. The predicted octanol–water partition coefficient (Wildman–Crippen LogP) is 2.22. The molecule has 1 saturated carbocycles. The van der Waals surface area contributed by atoms with E-state index in [0.29, 0.717) is 23.9 Å². The minimum Gasteiger partial charge on any atom is -0.473 e. The van der Waals surface area contributed by atoms with Crippen LogP contribution in [0.1, 0.15) is 18.4 Å². The number of fused-ring (bicyclic) bond motifs is 1. The zero-order chi connectivity index (χ0) is 13.2. The van der Waals surface area contributed by atoms with E-state index >= 15 is 0 Å². The summed E-state index contributed by atoms with van der Waals surface area (Å²) in [4.78, 5) is 4.44. The second kappa shape index (κ2) is 4.87. The number of hydrogen-bond acceptors (Lipinski definition) is 4. The molecule has 2 N–H and O–H groups in total. The quantitative estimate of drug-likeness (QED) is 0.910. The van der Waals surface area contributed by atoms with Crippen molar-refractivity contribution >= 4 is 10.9 Å². The molecule has 1 aromatic carbocycles. The van der Waals surface area contributed by atoms with Gasteiger partial charge in [0, 0.05) is 5.39 Å². The van der Waals surface area contributed by atoms with Crippen molar-refractivity contribution in [1.82, 2.24) is 4.98 Å². The molecule has 3 rings (SSSR count). The number of nitrogens with zero attached hydrogens (tertiary/aromatic N) is 2. The van der Waals surface area contributed by atoms with E-state index in [9.17, 15) is 5.26 Å². The van der Waals surface area contributed by atoms with Gasteiger partial charge in [-0.2, -0.15) is 5.26 Å². The topological polar surface area (TPSA) is 71.9 Å². The van der Waals surface area contributed by atoms with Gasteiger partial charge in [0.2, 0.25) is 5.88 Å². The van der Waals surface area contributed by atoms with Gasteiger partial charge in [0.25, 0.3) is 0 Å². The van der Waals surface area contributed by atoms with Crippen molar-refractivity contribution < 1.29 is 4.74 Å². The third-order valence-electron chi connectivity index (χ3n) is 3.61. The van der Waals surface area contributed by atoms with Crippen molar-refractivity contribution in [3.63, 3.8) is 0 Å². The molecule has 0 radical (unpaired) electrons. The van der Waals surface area contributed by atoms with E-state index in [1.165, 1.54) is 0 Å². The highest BCUT2D eigenvalue weighted by Crippen LogP contribution is 2.31. The van der Waals surface area contributed by atoms with Crippen LogP contribution in [0, 0.1) is 17.2 Å². The Morgan fingerprint density at radius 3 is 2.89 bits per heavy atom. The number of rotatable bonds is 3. The molecule has 1 heterocycles. The van der Waals surface area contributed by atoms with Crippen LogP contribution in [0.4, 0.5) is 0 Å². The highest BCUT2D eigenvalue weighted by Gasteiger charge is 2.30. The summed E-state index contributed by atoms with van der Waals surface area (Å²) < 4.78 is 5.82. The summed E-state index contributed by atoms with van der Waals surface area (Å²) in [6.07, 6.45) is 2.06. The Bertz CT molecular complexity index is 641. The lowest BCUT2D eigenvalue weighted by molar-refractivity contribution is 0.0649. The maximum absolute atomic E-state index is 9.19. The van der Waals surface area contributed by atoms with Crippen LogP contribution in [0.25, 0.3) is 10.9 Å². The highest BCUT2D eigenvalue weighted by atomic mass is 16.5. The molecule has 0 atom stereocenters. The third-order valence-corrected chi connectivity index (χ3v) is 3.61. The molecule has 0 saturated heterocycles. The Morgan fingerprint density at radius 1 is 1.37 bits per heavy atom. The molecule has 1 aliphatic carbocycles. The number of aromatic nitrogens is 1. The molecule has 96 valence electrons. The van der Waals surface area contributed by atoms with Gasteiger partial charge in [0.1, 0.15) is 17.7 Å². The van der Waals surface area contributed by atoms with Crippen LogP contribution in [0.3, 0.4) is 0 Å². The number of para-hydroxylation sites is 1. The summed E-state index contributed by atoms with van der Waals surface area (Å²) in [5.41, 5.74) is 6.94. The first-order valence-corrected chi connectivity index (χ1v) is 6.46. The normalized spacial score (nSPS) is 21.7. The van der Waals surface area contributed by atoms with Crippen molar-refractivity contribution in [2.24, 2.45) is 11.7 Å². The monoisotopic (exact) mass is 253 g/mol. The fourth-order valence-electron chi connectivity index (χ4n) is 2.39. The summed E-state index contributed by atoms with van der Waals surface area (Å²) in [6, 6.07) is 11.7. The maximum Gasteiger partial charge on any atom is 0.232 e. The first-order valence-electron chi connectivity index (χ1n) is 6.46. The van der Waals surface area contributed by atoms with Crippen LogP contribution in [0.15, 0.2) is 30.3 Å². The van der Waals surface area contributed by atoms with Crippen molar-refractivity contribution in [3.05, 3.63) is 35.9 Å². The molecule has 4 nitrogen and oxygen atoms in total. The number of ether oxygens (including phenoxy) is 1. The average Bonchev–Trinajstić information content (AvgIpc) is 2.41. The molecule has 0 unspecified atom stereocenters. The van der Waals surface area contributed by atoms with Crippen LogP contribution >= 0.6 is 0 Å². The second-order valence-electron chi connectivity index (χ2n) is 4.96. The van der Waals surface area contributed by atoms with Crippen LogP contribution < -0.4 is 10.5 Å². The fourth-order valence-corrected chi connectivity index (χ4v) is 2.39. The maximum atomic E-state index is 9.19. The Balaban J connectivity index is 1.88. The number of pyridine rings is 1. The smallest absolute Gasteiger partial charge is 0.232 e. The van der Waals surface area contributed by atoms with E-state index in [4.69, 9.17) is 10.5 Å². The van der Waals surface area contributed by atoms with Crippen LogP contribution in [0.5, 0.6) is 5.88 Å². The molecular formula is C15H15N3O. The summed E-state index contributed by atoms with van der Waals surface area (Å²) in [5, 5.41) is 10.1. The van der Waals surface area contributed by atoms with E-state index < -0.39 is 0 Å². The molecule has 1 aromatic heterocycles. The van der Waals surface area contributed by atoms with Crippen molar-refractivity contribution in [3.8, 4) is 11.9 Å². The molecule has 2 aromatic rings. The van der Waals surface area contributed by atoms with Crippen molar-refractivity contribution in [1.29, 1.82) is 5.26 Å².